The summed E-state index contributed by atoms with van der Waals surface area (Å²) in [6, 6.07) is 20.9. The van der Waals surface area contributed by atoms with Crippen molar-refractivity contribution < 1.29 is 9.72 Å². The van der Waals surface area contributed by atoms with Crippen molar-refractivity contribution in [2.45, 2.75) is 12.1 Å². The van der Waals surface area contributed by atoms with Gasteiger partial charge in [-0.3, -0.25) is 24.3 Å². The molecule has 0 aliphatic carbocycles. The number of para-hydroxylation sites is 2. The molecular formula is C26H21N5O4S. The van der Waals surface area contributed by atoms with Crippen LogP contribution >= 0.6 is 11.8 Å². The predicted molar refractivity (Wildman–Crippen MR) is 142 cm³/mol. The van der Waals surface area contributed by atoms with Crippen molar-refractivity contribution in [1.29, 1.82) is 0 Å². The summed E-state index contributed by atoms with van der Waals surface area (Å²) in [5.41, 5.74) is 4.85. The fourth-order valence-electron chi connectivity index (χ4n) is 3.39. The van der Waals surface area contributed by atoms with Gasteiger partial charge in [-0.1, -0.05) is 53.7 Å². The topological polar surface area (TPSA) is 119 Å². The van der Waals surface area contributed by atoms with Gasteiger partial charge in [-0.25, -0.2) is 10.4 Å². The predicted octanol–water partition coefficient (Wildman–Crippen LogP) is 4.51. The summed E-state index contributed by atoms with van der Waals surface area (Å²) in [7, 11) is 0. The zero-order chi connectivity index (χ0) is 25.5. The Hall–Kier alpha value is -4.57. The maximum absolute atomic E-state index is 13.2. The van der Waals surface area contributed by atoms with E-state index in [0.717, 1.165) is 17.3 Å². The normalized spacial score (nSPS) is 11.4. The Bertz CT molecular complexity index is 1540. The number of thioether (sulfide) groups is 1. The first-order valence-corrected chi connectivity index (χ1v) is 11.9. The number of carbonyl (C=O) groups excluding carboxylic acids is 1. The van der Waals surface area contributed by atoms with Gasteiger partial charge in [-0.05, 0) is 49.4 Å². The van der Waals surface area contributed by atoms with Crippen molar-refractivity contribution in [3.8, 4) is 5.69 Å². The number of benzene rings is 3. The largest absolute Gasteiger partial charge is 0.276 e. The van der Waals surface area contributed by atoms with Crippen molar-refractivity contribution in [3.05, 3.63) is 110 Å². The molecule has 0 saturated carbocycles. The van der Waals surface area contributed by atoms with Gasteiger partial charge in [0.05, 0.1) is 32.8 Å². The average molecular weight is 500 g/mol. The van der Waals surface area contributed by atoms with E-state index in [2.05, 4.69) is 15.5 Å². The van der Waals surface area contributed by atoms with E-state index in [-0.39, 0.29) is 17.0 Å². The number of nitrogens with one attached hydrogen (secondary N) is 1. The van der Waals surface area contributed by atoms with Crippen LogP contribution < -0.4 is 11.0 Å². The number of aromatic nitrogens is 2. The third-order valence-corrected chi connectivity index (χ3v) is 6.07. The molecule has 9 nitrogen and oxygen atoms in total. The van der Waals surface area contributed by atoms with E-state index in [4.69, 9.17) is 0 Å². The molecule has 10 heteroatoms. The molecule has 0 bridgehead atoms. The molecule has 0 radical (unpaired) electrons. The van der Waals surface area contributed by atoms with Gasteiger partial charge in [0.25, 0.3) is 17.2 Å². The minimum absolute atomic E-state index is 0.0231. The summed E-state index contributed by atoms with van der Waals surface area (Å²) in [6.45, 7) is 1.96. The summed E-state index contributed by atoms with van der Waals surface area (Å²) >= 11 is 1.12. The number of nitro benzene ring substituents is 1. The van der Waals surface area contributed by atoms with Crippen LogP contribution in [-0.4, -0.2) is 32.3 Å². The van der Waals surface area contributed by atoms with Gasteiger partial charge in [0, 0.05) is 12.3 Å². The molecule has 4 aromatic rings. The molecular weight excluding hydrogens is 478 g/mol. The molecule has 0 fully saturated rings. The van der Waals surface area contributed by atoms with E-state index in [1.807, 2.05) is 31.2 Å². The number of allylic oxidation sites excluding steroid dienone is 1. The minimum atomic E-state index is -0.465. The highest BCUT2D eigenvalue weighted by molar-refractivity contribution is 7.99. The summed E-state index contributed by atoms with van der Waals surface area (Å²) < 4.78 is 1.50. The van der Waals surface area contributed by atoms with E-state index < -0.39 is 10.8 Å². The molecule has 0 unspecified atom stereocenters. The van der Waals surface area contributed by atoms with Crippen molar-refractivity contribution in [2.75, 3.05) is 5.75 Å². The van der Waals surface area contributed by atoms with Crippen molar-refractivity contribution >= 4 is 46.5 Å². The molecule has 1 amide bonds. The van der Waals surface area contributed by atoms with E-state index >= 15 is 0 Å². The van der Waals surface area contributed by atoms with Crippen LogP contribution in [0, 0.1) is 17.0 Å². The van der Waals surface area contributed by atoms with Crippen LogP contribution in [-0.2, 0) is 4.79 Å². The first-order valence-electron chi connectivity index (χ1n) is 10.9. The third-order valence-electron chi connectivity index (χ3n) is 5.13. The van der Waals surface area contributed by atoms with Crippen LogP contribution in [0.2, 0.25) is 0 Å². The lowest BCUT2D eigenvalue weighted by molar-refractivity contribution is -0.385. The second kappa shape index (κ2) is 11.2. The smallest absolute Gasteiger partial charge is 0.272 e. The van der Waals surface area contributed by atoms with Crippen molar-refractivity contribution in [1.82, 2.24) is 15.0 Å². The van der Waals surface area contributed by atoms with Gasteiger partial charge in [-0.2, -0.15) is 5.10 Å². The fourth-order valence-corrected chi connectivity index (χ4v) is 4.19. The maximum Gasteiger partial charge on any atom is 0.276 e. The number of hydrazone groups is 1. The van der Waals surface area contributed by atoms with Crippen LogP contribution in [0.1, 0.15) is 11.1 Å². The molecule has 0 aliphatic heterocycles. The third kappa shape index (κ3) is 5.73. The van der Waals surface area contributed by atoms with Crippen molar-refractivity contribution in [3.63, 3.8) is 0 Å². The van der Waals surface area contributed by atoms with E-state index in [0.29, 0.717) is 27.3 Å². The lowest BCUT2D eigenvalue weighted by Gasteiger charge is -2.13. The van der Waals surface area contributed by atoms with E-state index in [9.17, 15) is 19.7 Å². The van der Waals surface area contributed by atoms with Crippen molar-refractivity contribution in [2.24, 2.45) is 5.10 Å². The number of fused-ring (bicyclic) bond motifs is 1. The Balaban J connectivity index is 1.47. The first-order chi connectivity index (χ1) is 17.4. The van der Waals surface area contributed by atoms with Crippen LogP contribution in [0.4, 0.5) is 5.69 Å². The highest BCUT2D eigenvalue weighted by Gasteiger charge is 2.14. The van der Waals surface area contributed by atoms with Crippen LogP contribution in [0.5, 0.6) is 0 Å². The highest BCUT2D eigenvalue weighted by Crippen LogP contribution is 2.22. The Morgan fingerprint density at radius 2 is 1.83 bits per heavy atom. The Labute approximate surface area is 210 Å². The summed E-state index contributed by atoms with van der Waals surface area (Å²) in [5, 5.41) is 15.8. The SMILES string of the molecule is Cc1ccc(-n2c(SCC(=O)NN=CC=Cc3ccccc3[N+](=O)[O-])nc3ccccc3c2=O)cc1. The fraction of sp³-hybridized carbons (Fsp3) is 0.0769. The summed E-state index contributed by atoms with van der Waals surface area (Å²) in [5.74, 6) is -0.421. The molecule has 0 saturated heterocycles. The van der Waals surface area contributed by atoms with Crippen LogP contribution in [0.15, 0.2) is 93.9 Å². The zero-order valence-corrected chi connectivity index (χ0v) is 20.0. The Morgan fingerprint density at radius 1 is 1.11 bits per heavy atom. The number of nitrogens with zero attached hydrogens (tertiary/aromatic N) is 4. The lowest BCUT2D eigenvalue weighted by atomic mass is 10.2. The Kier molecular flexibility index (Phi) is 7.66. The van der Waals surface area contributed by atoms with Gasteiger partial charge < -0.3 is 0 Å². The second-order valence-corrected chi connectivity index (χ2v) is 8.61. The van der Waals surface area contributed by atoms with E-state index in [1.165, 1.54) is 29.0 Å². The monoisotopic (exact) mass is 499 g/mol. The number of carbonyl (C=O) groups is 1. The molecule has 0 aliphatic rings. The van der Waals surface area contributed by atoms with Crippen LogP contribution in [0.25, 0.3) is 22.7 Å². The van der Waals surface area contributed by atoms with Crippen LogP contribution in [0.3, 0.4) is 0 Å². The maximum atomic E-state index is 13.2. The average Bonchev–Trinajstić information content (AvgIpc) is 2.88. The summed E-state index contributed by atoms with van der Waals surface area (Å²) in [6.07, 6.45) is 4.35. The zero-order valence-electron chi connectivity index (χ0n) is 19.2. The van der Waals surface area contributed by atoms with Gasteiger partial charge in [0.2, 0.25) is 0 Å². The molecule has 1 aromatic heterocycles. The van der Waals surface area contributed by atoms with Gasteiger partial charge in [-0.15, -0.1) is 0 Å². The number of nitro groups is 1. The molecule has 0 spiro atoms. The minimum Gasteiger partial charge on any atom is -0.272 e. The summed E-state index contributed by atoms with van der Waals surface area (Å²) in [4.78, 5) is 40.8. The molecule has 1 heterocycles. The number of rotatable bonds is 8. The quantitative estimate of drug-likeness (QED) is 0.125. The highest BCUT2D eigenvalue weighted by atomic mass is 32.2. The number of hydrogen-bond donors (Lipinski definition) is 1. The van der Waals surface area contributed by atoms with E-state index in [1.54, 1.807) is 42.5 Å². The standard InChI is InChI=1S/C26H21N5O4S/c1-18-12-14-20(15-13-18)30-25(33)21-9-3-4-10-22(21)28-26(30)36-17-24(32)29-27-16-6-8-19-7-2-5-11-23(19)31(34)35/h2-16H,17H2,1H3,(H,29,32). The number of hydrogen-bond acceptors (Lipinski definition) is 7. The number of amides is 1. The molecule has 180 valence electrons. The Morgan fingerprint density at radius 3 is 2.61 bits per heavy atom. The molecule has 36 heavy (non-hydrogen) atoms. The molecule has 0 atom stereocenters. The van der Waals surface area contributed by atoms with Gasteiger partial charge in [0.15, 0.2) is 5.16 Å². The molecule has 4 rings (SSSR count). The number of aryl methyl sites for hydroxylation is 1. The molecule has 1 N–H and O–H groups in total. The lowest BCUT2D eigenvalue weighted by Crippen LogP contribution is -2.24. The van der Waals surface area contributed by atoms with Gasteiger partial charge in [0.1, 0.15) is 0 Å². The first kappa shape index (κ1) is 24.6. The van der Waals surface area contributed by atoms with Gasteiger partial charge >= 0.3 is 0 Å². The molecule has 3 aromatic carbocycles. The second-order valence-electron chi connectivity index (χ2n) is 7.66.